The maximum atomic E-state index is 12.5. The smallest absolute Gasteiger partial charge is 0.242 e. The zero-order valence-corrected chi connectivity index (χ0v) is 18.8. The zero-order valence-electron chi connectivity index (χ0n) is 18.0. The third-order valence-electron chi connectivity index (χ3n) is 6.35. The highest BCUT2D eigenvalue weighted by atomic mass is 32.2. The molecule has 29 heavy (non-hydrogen) atoms. The van der Waals surface area contributed by atoms with E-state index in [-0.39, 0.29) is 16.8 Å². The second kappa shape index (κ2) is 8.44. The fraction of sp³-hybridized carbons (Fsp3) is 0.619. The first-order chi connectivity index (χ1) is 13.6. The Morgan fingerprint density at radius 2 is 2.00 bits per heavy atom. The first kappa shape index (κ1) is 21.8. The van der Waals surface area contributed by atoms with Gasteiger partial charge < -0.3 is 9.88 Å². The second-order valence-electron chi connectivity index (χ2n) is 8.47. The topological polar surface area (TPSA) is 84.3 Å². The summed E-state index contributed by atoms with van der Waals surface area (Å²) >= 11 is 0. The lowest BCUT2D eigenvalue weighted by Crippen LogP contribution is -2.43. The van der Waals surface area contributed by atoms with Crippen molar-refractivity contribution in [2.45, 2.75) is 56.9 Å². The number of carbonyl (C=O) groups is 1. The summed E-state index contributed by atoms with van der Waals surface area (Å²) in [6, 6.07) is 5.22. The number of hydrogen-bond donors (Lipinski definition) is 1. The van der Waals surface area contributed by atoms with E-state index in [1.807, 2.05) is 11.6 Å². The van der Waals surface area contributed by atoms with Crippen molar-refractivity contribution in [2.24, 2.45) is 18.9 Å². The Kier molecular flexibility index (Phi) is 6.33. The van der Waals surface area contributed by atoms with Gasteiger partial charge >= 0.3 is 0 Å². The Morgan fingerprint density at radius 1 is 1.28 bits per heavy atom. The van der Waals surface area contributed by atoms with Gasteiger partial charge in [0.15, 0.2) is 0 Å². The summed E-state index contributed by atoms with van der Waals surface area (Å²) in [5.74, 6) is 1.97. The molecule has 8 heteroatoms. The molecule has 1 aliphatic rings. The number of hydrogen-bond acceptors (Lipinski definition) is 4. The van der Waals surface area contributed by atoms with Crippen molar-refractivity contribution in [3.8, 4) is 0 Å². The van der Waals surface area contributed by atoms with Crippen LogP contribution in [0.1, 0.15) is 45.4 Å². The zero-order chi connectivity index (χ0) is 21.3. The molecule has 160 valence electrons. The molecule has 0 unspecified atom stereocenters. The predicted octanol–water partition coefficient (Wildman–Crippen LogP) is 2.70. The number of benzene rings is 1. The Labute approximate surface area is 173 Å². The van der Waals surface area contributed by atoms with Crippen LogP contribution in [0.15, 0.2) is 23.1 Å². The molecule has 1 saturated carbocycles. The molecule has 0 spiro atoms. The minimum absolute atomic E-state index is 0.0545. The Balaban J connectivity index is 1.70. The Morgan fingerprint density at radius 3 is 2.69 bits per heavy atom. The van der Waals surface area contributed by atoms with E-state index in [4.69, 9.17) is 0 Å². The van der Waals surface area contributed by atoms with Gasteiger partial charge in [-0.05, 0) is 36.5 Å². The number of fused-ring (bicyclic) bond motifs is 1. The van der Waals surface area contributed by atoms with Crippen LogP contribution < -0.4 is 5.32 Å². The molecule has 1 aromatic heterocycles. The van der Waals surface area contributed by atoms with Crippen molar-refractivity contribution < 1.29 is 13.2 Å². The third-order valence-corrected chi connectivity index (χ3v) is 8.16. The van der Waals surface area contributed by atoms with E-state index < -0.39 is 10.0 Å². The van der Waals surface area contributed by atoms with Gasteiger partial charge in [0, 0.05) is 40.0 Å². The largest absolute Gasteiger partial charge is 0.353 e. The molecule has 1 aliphatic carbocycles. The molecule has 0 bridgehead atoms. The van der Waals surface area contributed by atoms with Gasteiger partial charge in [-0.1, -0.05) is 26.7 Å². The number of amides is 1. The van der Waals surface area contributed by atoms with Gasteiger partial charge in [0.1, 0.15) is 5.82 Å². The number of nitrogens with one attached hydrogen (secondary N) is 1. The van der Waals surface area contributed by atoms with Gasteiger partial charge in [-0.15, -0.1) is 0 Å². The van der Waals surface area contributed by atoms with E-state index in [9.17, 15) is 13.2 Å². The summed E-state index contributed by atoms with van der Waals surface area (Å²) in [7, 11) is 1.41. The van der Waals surface area contributed by atoms with Crippen LogP contribution in [0.5, 0.6) is 0 Å². The molecule has 3 atom stereocenters. The van der Waals surface area contributed by atoms with Gasteiger partial charge in [0.2, 0.25) is 15.9 Å². The molecule has 0 saturated heterocycles. The van der Waals surface area contributed by atoms with Gasteiger partial charge in [-0.25, -0.2) is 17.7 Å². The van der Waals surface area contributed by atoms with Crippen LogP contribution in [0, 0.1) is 11.8 Å². The molecule has 3 rings (SSSR count). The molecular formula is C21H32N4O3S. The Bertz CT molecular complexity index is 997. The third kappa shape index (κ3) is 4.48. The van der Waals surface area contributed by atoms with Gasteiger partial charge in [0.25, 0.3) is 0 Å². The summed E-state index contributed by atoms with van der Waals surface area (Å²) in [5, 5.41) is 3.20. The van der Waals surface area contributed by atoms with Crippen LogP contribution in [-0.4, -0.2) is 48.3 Å². The number of carbonyl (C=O) groups excluding carboxylic acids is 1. The highest BCUT2D eigenvalue weighted by Crippen LogP contribution is 2.29. The number of rotatable bonds is 6. The van der Waals surface area contributed by atoms with E-state index >= 15 is 0 Å². The predicted molar refractivity (Wildman–Crippen MR) is 114 cm³/mol. The van der Waals surface area contributed by atoms with Crippen LogP contribution in [0.4, 0.5) is 0 Å². The van der Waals surface area contributed by atoms with E-state index in [1.54, 1.807) is 18.2 Å². The van der Waals surface area contributed by atoms with Crippen molar-refractivity contribution in [3.63, 3.8) is 0 Å². The number of nitrogens with zero attached hydrogens (tertiary/aromatic N) is 3. The van der Waals surface area contributed by atoms with Gasteiger partial charge in [-0.3, -0.25) is 4.79 Å². The van der Waals surface area contributed by atoms with Gasteiger partial charge in [-0.2, -0.15) is 0 Å². The fourth-order valence-electron chi connectivity index (χ4n) is 4.11. The minimum atomic E-state index is -3.50. The quantitative estimate of drug-likeness (QED) is 0.779. The van der Waals surface area contributed by atoms with Crippen molar-refractivity contribution >= 4 is 27.0 Å². The van der Waals surface area contributed by atoms with Crippen molar-refractivity contribution in [1.29, 1.82) is 0 Å². The number of sulfonamides is 1. The monoisotopic (exact) mass is 420 g/mol. The summed E-state index contributed by atoms with van der Waals surface area (Å²) in [5.41, 5.74) is 1.48. The molecule has 1 heterocycles. The summed E-state index contributed by atoms with van der Waals surface area (Å²) in [6.07, 6.45) is 4.34. The van der Waals surface area contributed by atoms with Crippen LogP contribution >= 0.6 is 0 Å². The molecule has 1 N–H and O–H groups in total. The minimum Gasteiger partial charge on any atom is -0.353 e. The average Bonchev–Trinajstić information content (AvgIpc) is 2.99. The molecule has 1 aromatic carbocycles. The molecular weight excluding hydrogens is 388 g/mol. The molecule has 1 fully saturated rings. The number of imidazole rings is 1. The average molecular weight is 421 g/mol. The van der Waals surface area contributed by atoms with Gasteiger partial charge in [0.05, 0.1) is 15.9 Å². The van der Waals surface area contributed by atoms with Crippen molar-refractivity contribution in [1.82, 2.24) is 19.2 Å². The molecule has 0 aliphatic heterocycles. The number of aryl methyl sites for hydroxylation is 2. The van der Waals surface area contributed by atoms with Crippen molar-refractivity contribution in [3.05, 3.63) is 24.0 Å². The summed E-state index contributed by atoms with van der Waals surface area (Å²) in [6.45, 7) is 4.48. The number of aromatic nitrogens is 2. The lowest BCUT2D eigenvalue weighted by atomic mass is 9.78. The van der Waals surface area contributed by atoms with Crippen molar-refractivity contribution in [2.75, 3.05) is 14.1 Å². The summed E-state index contributed by atoms with van der Waals surface area (Å²) < 4.78 is 27.8. The maximum absolute atomic E-state index is 12.5. The van der Waals surface area contributed by atoms with Crippen LogP contribution in [-0.2, 0) is 28.3 Å². The second-order valence-corrected chi connectivity index (χ2v) is 10.6. The van der Waals surface area contributed by atoms with E-state index in [1.165, 1.54) is 31.2 Å². The first-order valence-corrected chi connectivity index (χ1v) is 11.7. The lowest BCUT2D eigenvalue weighted by molar-refractivity contribution is -0.122. The highest BCUT2D eigenvalue weighted by molar-refractivity contribution is 7.89. The van der Waals surface area contributed by atoms with Crippen LogP contribution in [0.3, 0.4) is 0 Å². The van der Waals surface area contributed by atoms with Crippen LogP contribution in [0.25, 0.3) is 11.0 Å². The Hall–Kier alpha value is -1.93. The van der Waals surface area contributed by atoms with E-state index in [0.29, 0.717) is 30.2 Å². The highest BCUT2D eigenvalue weighted by Gasteiger charge is 2.28. The lowest BCUT2D eigenvalue weighted by Gasteiger charge is -2.34. The molecule has 0 radical (unpaired) electrons. The standard InChI is InChI=1S/C21H32N4O3S/c1-14-7-6-8-17(15(14)2)23-21(26)12-11-20-22-18-13-16(29(27,28)24(3)4)9-10-19(18)25(20)5/h9-10,13-15,17H,6-8,11-12H2,1-5H3,(H,23,26)/t14-,15+,17-/m1/s1. The maximum Gasteiger partial charge on any atom is 0.242 e. The fourth-order valence-corrected chi connectivity index (χ4v) is 5.04. The van der Waals surface area contributed by atoms with E-state index in [2.05, 4.69) is 24.1 Å². The molecule has 2 aromatic rings. The molecule has 7 nitrogen and oxygen atoms in total. The first-order valence-electron chi connectivity index (χ1n) is 10.3. The normalized spacial score (nSPS) is 22.9. The molecule has 1 amide bonds. The SMILES string of the molecule is C[C@H]1[C@H](C)CCC[C@H]1NC(=O)CCc1nc2cc(S(=O)(=O)N(C)C)ccc2n1C. The van der Waals surface area contributed by atoms with Crippen LogP contribution in [0.2, 0.25) is 0 Å². The van der Waals surface area contributed by atoms with E-state index in [0.717, 1.165) is 17.8 Å². The summed E-state index contributed by atoms with van der Waals surface area (Å²) in [4.78, 5) is 17.3.